The number of aromatic nitrogens is 1. The number of ether oxygens (including phenoxy) is 1. The van der Waals surface area contributed by atoms with Crippen molar-refractivity contribution in [1.82, 2.24) is 5.16 Å². The number of rotatable bonds is 6. The lowest BCUT2D eigenvalue weighted by Gasteiger charge is -2.04. The van der Waals surface area contributed by atoms with Crippen molar-refractivity contribution >= 4 is 11.8 Å². The van der Waals surface area contributed by atoms with Crippen LogP contribution in [-0.2, 0) is 11.2 Å². The smallest absolute Gasteiger partial charge is 0.264 e. The molecule has 0 bridgehead atoms. The van der Waals surface area contributed by atoms with E-state index >= 15 is 0 Å². The molecule has 0 unspecified atom stereocenters. The van der Waals surface area contributed by atoms with Gasteiger partial charge in [-0.2, -0.15) is 0 Å². The summed E-state index contributed by atoms with van der Waals surface area (Å²) in [5.41, 5.74) is 2.88. The Morgan fingerprint density at radius 3 is 2.58 bits per heavy atom. The summed E-state index contributed by atoms with van der Waals surface area (Å²) in [5, 5.41) is 6.61. The molecule has 1 N–H and O–H groups in total. The molecule has 3 aromatic rings. The first-order valence-electron chi connectivity index (χ1n) is 7.78. The second kappa shape index (κ2) is 7.46. The van der Waals surface area contributed by atoms with E-state index in [-0.39, 0.29) is 12.5 Å². The van der Waals surface area contributed by atoms with Crippen LogP contribution in [0.25, 0.3) is 11.3 Å². The Balaban J connectivity index is 1.58. The molecule has 5 nitrogen and oxygen atoms in total. The molecule has 1 amide bonds. The quantitative estimate of drug-likeness (QED) is 0.747. The van der Waals surface area contributed by atoms with Crippen molar-refractivity contribution in [3.63, 3.8) is 0 Å². The highest BCUT2D eigenvalue weighted by Crippen LogP contribution is 2.22. The van der Waals surface area contributed by atoms with Crippen molar-refractivity contribution < 1.29 is 14.1 Å². The van der Waals surface area contributed by atoms with Crippen LogP contribution in [0.4, 0.5) is 5.88 Å². The van der Waals surface area contributed by atoms with Gasteiger partial charge in [-0.1, -0.05) is 54.5 Å². The van der Waals surface area contributed by atoms with Gasteiger partial charge in [0.05, 0.1) is 0 Å². The Hall–Kier alpha value is -3.08. The van der Waals surface area contributed by atoms with Crippen molar-refractivity contribution in [1.29, 1.82) is 0 Å². The Labute approximate surface area is 140 Å². The number of anilines is 1. The van der Waals surface area contributed by atoms with E-state index in [1.807, 2.05) is 30.3 Å². The molecule has 5 heteroatoms. The minimum Gasteiger partial charge on any atom is -0.484 e. The maximum Gasteiger partial charge on any atom is 0.264 e. The molecular formula is C19H18N2O3. The van der Waals surface area contributed by atoms with Crippen molar-refractivity contribution in [3.8, 4) is 17.0 Å². The monoisotopic (exact) mass is 322 g/mol. The van der Waals surface area contributed by atoms with Crippen LogP contribution in [0.5, 0.6) is 5.75 Å². The molecular weight excluding hydrogens is 304 g/mol. The van der Waals surface area contributed by atoms with Crippen LogP contribution in [-0.4, -0.2) is 17.7 Å². The largest absolute Gasteiger partial charge is 0.484 e. The van der Waals surface area contributed by atoms with Crippen LogP contribution < -0.4 is 10.1 Å². The van der Waals surface area contributed by atoms with E-state index < -0.39 is 0 Å². The minimum absolute atomic E-state index is 0.0920. The van der Waals surface area contributed by atoms with Gasteiger partial charge in [-0.3, -0.25) is 10.1 Å². The summed E-state index contributed by atoms with van der Waals surface area (Å²) in [6, 6.07) is 18.9. The van der Waals surface area contributed by atoms with Crippen LogP contribution in [0, 0.1) is 0 Å². The maximum atomic E-state index is 11.9. The molecule has 24 heavy (non-hydrogen) atoms. The van der Waals surface area contributed by atoms with E-state index in [2.05, 4.69) is 29.5 Å². The van der Waals surface area contributed by atoms with Crippen LogP contribution >= 0.6 is 0 Å². The topological polar surface area (TPSA) is 64.4 Å². The molecule has 0 aliphatic rings. The van der Waals surface area contributed by atoms with Crippen molar-refractivity contribution in [3.05, 3.63) is 66.2 Å². The number of amides is 1. The molecule has 0 spiro atoms. The summed E-state index contributed by atoms with van der Waals surface area (Å²) in [6.45, 7) is 2.02. The van der Waals surface area contributed by atoms with Gasteiger partial charge in [0.15, 0.2) is 6.61 Å². The van der Waals surface area contributed by atoms with E-state index in [9.17, 15) is 4.79 Å². The number of carbonyl (C=O) groups is 1. The third kappa shape index (κ3) is 4.01. The Kier molecular flexibility index (Phi) is 4.91. The highest BCUT2D eigenvalue weighted by Gasteiger charge is 2.10. The summed E-state index contributed by atoms with van der Waals surface area (Å²) < 4.78 is 10.5. The standard InChI is InChI=1S/C19H18N2O3/c1-2-14-8-10-15(11-9-14)17-12-19(24-21-17)20-18(22)13-23-16-6-4-3-5-7-16/h3-12H,2,13H2,1H3,(H,20,22). The fraction of sp³-hybridized carbons (Fsp3) is 0.158. The van der Waals surface area contributed by atoms with Gasteiger partial charge in [0.1, 0.15) is 11.4 Å². The number of hydrogen-bond donors (Lipinski definition) is 1. The molecule has 0 radical (unpaired) electrons. The fourth-order valence-electron chi connectivity index (χ4n) is 2.22. The molecule has 0 atom stereocenters. The van der Waals surface area contributed by atoms with Gasteiger partial charge in [-0.15, -0.1) is 0 Å². The van der Waals surface area contributed by atoms with Crippen molar-refractivity contribution in [2.45, 2.75) is 13.3 Å². The molecule has 0 fully saturated rings. The zero-order valence-corrected chi connectivity index (χ0v) is 13.4. The van der Waals surface area contributed by atoms with Crippen LogP contribution in [0.15, 0.2) is 65.2 Å². The highest BCUT2D eigenvalue weighted by molar-refractivity contribution is 5.91. The molecule has 0 saturated carbocycles. The maximum absolute atomic E-state index is 11.9. The van der Waals surface area contributed by atoms with E-state index in [1.165, 1.54) is 5.56 Å². The lowest BCUT2D eigenvalue weighted by Crippen LogP contribution is -2.19. The van der Waals surface area contributed by atoms with Gasteiger partial charge < -0.3 is 9.26 Å². The van der Waals surface area contributed by atoms with Gasteiger partial charge >= 0.3 is 0 Å². The van der Waals surface area contributed by atoms with Gasteiger partial charge in [-0.25, -0.2) is 0 Å². The predicted molar refractivity (Wildman–Crippen MR) is 91.9 cm³/mol. The average molecular weight is 322 g/mol. The third-order valence-electron chi connectivity index (χ3n) is 3.54. The zero-order chi connectivity index (χ0) is 16.8. The predicted octanol–water partition coefficient (Wildman–Crippen LogP) is 3.92. The molecule has 0 saturated heterocycles. The van der Waals surface area contributed by atoms with Gasteiger partial charge in [0.25, 0.3) is 5.91 Å². The normalized spacial score (nSPS) is 10.4. The number of nitrogens with zero attached hydrogens (tertiary/aromatic N) is 1. The lowest BCUT2D eigenvalue weighted by molar-refractivity contribution is -0.118. The molecule has 122 valence electrons. The van der Waals surface area contributed by atoms with Gasteiger partial charge in [-0.05, 0) is 24.1 Å². The molecule has 0 aliphatic heterocycles. The van der Waals surface area contributed by atoms with E-state index in [1.54, 1.807) is 18.2 Å². The Bertz CT molecular complexity index is 795. The molecule has 3 rings (SSSR count). The number of carbonyl (C=O) groups excluding carboxylic acids is 1. The summed E-state index contributed by atoms with van der Waals surface area (Å²) in [5.74, 6) is 0.635. The van der Waals surface area contributed by atoms with Crippen molar-refractivity contribution in [2.75, 3.05) is 11.9 Å². The van der Waals surface area contributed by atoms with Crippen LogP contribution in [0.2, 0.25) is 0 Å². The number of benzene rings is 2. The van der Waals surface area contributed by atoms with Crippen molar-refractivity contribution in [2.24, 2.45) is 0 Å². The number of para-hydroxylation sites is 1. The van der Waals surface area contributed by atoms with E-state index in [0.29, 0.717) is 17.3 Å². The fourth-order valence-corrected chi connectivity index (χ4v) is 2.22. The highest BCUT2D eigenvalue weighted by atomic mass is 16.5. The second-order valence-electron chi connectivity index (χ2n) is 5.28. The summed E-state index contributed by atoms with van der Waals surface area (Å²) in [7, 11) is 0. The summed E-state index contributed by atoms with van der Waals surface area (Å²) in [4.78, 5) is 11.9. The Morgan fingerprint density at radius 2 is 1.88 bits per heavy atom. The number of aryl methyl sites for hydroxylation is 1. The molecule has 0 aliphatic carbocycles. The first kappa shape index (κ1) is 15.8. The first-order chi connectivity index (χ1) is 11.7. The average Bonchev–Trinajstić information content (AvgIpc) is 3.09. The van der Waals surface area contributed by atoms with Crippen LogP contribution in [0.3, 0.4) is 0 Å². The van der Waals surface area contributed by atoms with E-state index in [4.69, 9.17) is 9.26 Å². The first-order valence-corrected chi connectivity index (χ1v) is 7.78. The SMILES string of the molecule is CCc1ccc(-c2cc(NC(=O)COc3ccccc3)on2)cc1. The summed E-state index contributed by atoms with van der Waals surface area (Å²) in [6.07, 6.45) is 0.988. The van der Waals surface area contributed by atoms with E-state index in [0.717, 1.165) is 12.0 Å². The van der Waals surface area contributed by atoms with Gasteiger partial charge in [0.2, 0.25) is 5.88 Å². The number of nitrogens with one attached hydrogen (secondary N) is 1. The zero-order valence-electron chi connectivity index (χ0n) is 13.4. The molecule has 1 heterocycles. The molecule has 2 aromatic carbocycles. The number of hydrogen-bond acceptors (Lipinski definition) is 4. The minimum atomic E-state index is -0.303. The molecule has 1 aromatic heterocycles. The lowest BCUT2D eigenvalue weighted by atomic mass is 10.1. The third-order valence-corrected chi connectivity index (χ3v) is 3.54. The van der Waals surface area contributed by atoms with Gasteiger partial charge in [0, 0.05) is 11.6 Å². The second-order valence-corrected chi connectivity index (χ2v) is 5.28. The Morgan fingerprint density at radius 1 is 1.12 bits per heavy atom. The van der Waals surface area contributed by atoms with Crippen LogP contribution in [0.1, 0.15) is 12.5 Å². The summed E-state index contributed by atoms with van der Waals surface area (Å²) >= 11 is 0.